The molecular formula is C29H33ClF2N4O4. The van der Waals surface area contributed by atoms with Crippen LogP contribution in [0.4, 0.5) is 8.78 Å². The molecule has 214 valence electrons. The third-order valence-electron chi connectivity index (χ3n) is 7.27. The number of nitrogens with zero attached hydrogens (tertiary/aromatic N) is 2. The lowest BCUT2D eigenvalue weighted by atomic mass is 9.86. The Bertz CT molecular complexity index is 1410. The third kappa shape index (κ3) is 6.78. The van der Waals surface area contributed by atoms with Gasteiger partial charge in [0.25, 0.3) is 5.91 Å². The second-order valence-electron chi connectivity index (χ2n) is 11.5. The van der Waals surface area contributed by atoms with Crippen LogP contribution in [0.3, 0.4) is 0 Å². The first-order chi connectivity index (χ1) is 18.7. The molecule has 1 aliphatic rings. The second kappa shape index (κ2) is 11.5. The van der Waals surface area contributed by atoms with E-state index in [0.717, 1.165) is 0 Å². The molecule has 0 bridgehead atoms. The Morgan fingerprint density at radius 2 is 1.77 bits per heavy atom. The molecule has 8 nitrogen and oxygen atoms in total. The van der Waals surface area contributed by atoms with Gasteiger partial charge in [0.1, 0.15) is 6.04 Å². The van der Waals surface area contributed by atoms with Crippen LogP contribution < -0.4 is 10.6 Å². The molecule has 0 spiro atoms. The van der Waals surface area contributed by atoms with E-state index in [4.69, 9.17) is 16.7 Å². The van der Waals surface area contributed by atoms with Crippen molar-refractivity contribution in [3.8, 4) is 0 Å². The molecule has 0 aliphatic heterocycles. The van der Waals surface area contributed by atoms with Crippen molar-refractivity contribution < 1.29 is 28.3 Å². The van der Waals surface area contributed by atoms with Crippen molar-refractivity contribution in [2.24, 2.45) is 11.3 Å². The quantitative estimate of drug-likeness (QED) is 0.321. The number of hydrogen-bond donors (Lipinski definition) is 3. The monoisotopic (exact) mass is 574 g/mol. The molecular weight excluding hydrogens is 542 g/mol. The molecule has 1 atom stereocenters. The predicted molar refractivity (Wildman–Crippen MR) is 148 cm³/mol. The van der Waals surface area contributed by atoms with Gasteiger partial charge in [-0.3, -0.25) is 14.3 Å². The van der Waals surface area contributed by atoms with Crippen LogP contribution in [0.5, 0.6) is 0 Å². The van der Waals surface area contributed by atoms with Crippen molar-refractivity contribution in [3.63, 3.8) is 0 Å². The van der Waals surface area contributed by atoms with Crippen LogP contribution in [0.15, 0.2) is 42.5 Å². The summed E-state index contributed by atoms with van der Waals surface area (Å²) in [5.41, 5.74) is 0.842. The van der Waals surface area contributed by atoms with E-state index in [0.29, 0.717) is 40.9 Å². The summed E-state index contributed by atoms with van der Waals surface area (Å²) < 4.78 is 29.0. The maximum atomic E-state index is 13.7. The average molecular weight is 575 g/mol. The zero-order chi connectivity index (χ0) is 29.2. The zero-order valence-corrected chi connectivity index (χ0v) is 23.4. The number of halogens is 3. The van der Waals surface area contributed by atoms with Crippen molar-refractivity contribution >= 4 is 40.3 Å². The van der Waals surface area contributed by atoms with Gasteiger partial charge in [-0.2, -0.15) is 5.10 Å². The number of carboxylic acid groups (broad SMARTS) is 1. The molecule has 1 unspecified atom stereocenters. The summed E-state index contributed by atoms with van der Waals surface area (Å²) in [5.74, 6) is -4.67. The van der Waals surface area contributed by atoms with Crippen LogP contribution in [0, 0.1) is 11.3 Å². The van der Waals surface area contributed by atoms with Gasteiger partial charge in [-0.05, 0) is 47.9 Å². The lowest BCUT2D eigenvalue weighted by Gasteiger charge is -2.30. The molecule has 0 radical (unpaired) electrons. The first-order valence-electron chi connectivity index (χ1n) is 13.2. The summed E-state index contributed by atoms with van der Waals surface area (Å²) >= 11 is 6.49. The van der Waals surface area contributed by atoms with Crippen LogP contribution in [0.2, 0.25) is 5.02 Å². The molecule has 1 aliphatic carbocycles. The Balaban J connectivity index is 1.52. The summed E-state index contributed by atoms with van der Waals surface area (Å²) in [6.07, 6.45) is 0.353. The summed E-state index contributed by atoms with van der Waals surface area (Å²) in [6, 6.07) is 10.3. The van der Waals surface area contributed by atoms with Gasteiger partial charge in [0, 0.05) is 31.3 Å². The Morgan fingerprint density at radius 1 is 1.12 bits per heavy atom. The van der Waals surface area contributed by atoms with Gasteiger partial charge in [0.15, 0.2) is 5.69 Å². The largest absolute Gasteiger partial charge is 0.478 e. The molecule has 2 aromatic carbocycles. The molecule has 0 saturated heterocycles. The number of fused-ring (bicyclic) bond motifs is 1. The summed E-state index contributed by atoms with van der Waals surface area (Å²) in [4.78, 5) is 37.8. The molecule has 1 heterocycles. The van der Waals surface area contributed by atoms with Crippen molar-refractivity contribution in [3.05, 3.63) is 64.3 Å². The van der Waals surface area contributed by atoms with E-state index < -0.39 is 35.2 Å². The van der Waals surface area contributed by atoms with Gasteiger partial charge in [0.05, 0.1) is 16.1 Å². The number of alkyl halides is 2. The van der Waals surface area contributed by atoms with E-state index in [-0.39, 0.29) is 36.6 Å². The van der Waals surface area contributed by atoms with E-state index in [1.54, 1.807) is 35.0 Å². The molecule has 4 rings (SSSR count). The molecule has 2 amide bonds. The Kier molecular flexibility index (Phi) is 8.49. The maximum Gasteiger partial charge on any atom is 0.335 e. The van der Waals surface area contributed by atoms with Gasteiger partial charge < -0.3 is 15.7 Å². The lowest BCUT2D eigenvalue weighted by molar-refractivity contribution is -0.125. The smallest absolute Gasteiger partial charge is 0.335 e. The summed E-state index contributed by atoms with van der Waals surface area (Å²) in [6.45, 7) is 5.98. The number of nitrogens with one attached hydrogen (secondary N) is 2. The summed E-state index contributed by atoms with van der Waals surface area (Å²) in [7, 11) is 0. The van der Waals surface area contributed by atoms with Gasteiger partial charge in [-0.25, -0.2) is 13.6 Å². The molecule has 1 fully saturated rings. The van der Waals surface area contributed by atoms with E-state index in [1.165, 1.54) is 12.1 Å². The molecule has 1 saturated carbocycles. The van der Waals surface area contributed by atoms with Crippen LogP contribution in [0.1, 0.15) is 72.9 Å². The third-order valence-corrected chi connectivity index (χ3v) is 7.58. The van der Waals surface area contributed by atoms with E-state index in [1.807, 2.05) is 20.8 Å². The number of carbonyl (C=O) groups excluding carboxylic acids is 2. The normalized spacial score (nSPS) is 16.4. The van der Waals surface area contributed by atoms with Gasteiger partial charge >= 0.3 is 5.97 Å². The number of rotatable bonds is 8. The number of carbonyl (C=O) groups is 3. The maximum absolute atomic E-state index is 13.7. The molecule has 11 heteroatoms. The fourth-order valence-corrected chi connectivity index (χ4v) is 5.22. The Morgan fingerprint density at radius 3 is 2.38 bits per heavy atom. The minimum absolute atomic E-state index is 0.0208. The van der Waals surface area contributed by atoms with Crippen LogP contribution in [-0.4, -0.2) is 44.6 Å². The highest BCUT2D eigenvalue weighted by molar-refractivity contribution is 6.35. The number of carboxylic acids is 1. The van der Waals surface area contributed by atoms with Crippen LogP contribution in [-0.2, 0) is 17.9 Å². The first kappa shape index (κ1) is 29.5. The van der Waals surface area contributed by atoms with E-state index in [9.17, 15) is 23.2 Å². The van der Waals surface area contributed by atoms with Crippen LogP contribution >= 0.6 is 11.6 Å². The second-order valence-corrected chi connectivity index (χ2v) is 11.9. The predicted octanol–water partition coefficient (Wildman–Crippen LogP) is 5.67. The topological polar surface area (TPSA) is 113 Å². The van der Waals surface area contributed by atoms with Crippen molar-refractivity contribution in [2.75, 3.05) is 0 Å². The number of benzene rings is 2. The highest BCUT2D eigenvalue weighted by atomic mass is 35.5. The van der Waals surface area contributed by atoms with E-state index >= 15 is 0 Å². The summed E-state index contributed by atoms with van der Waals surface area (Å²) in [5, 5.41) is 20.2. The van der Waals surface area contributed by atoms with Gasteiger partial charge in [0.2, 0.25) is 11.8 Å². The number of aromatic nitrogens is 2. The molecule has 40 heavy (non-hydrogen) atoms. The van der Waals surface area contributed by atoms with Crippen molar-refractivity contribution in [1.82, 2.24) is 20.4 Å². The minimum Gasteiger partial charge on any atom is -0.478 e. The zero-order valence-electron chi connectivity index (χ0n) is 22.6. The number of amides is 2. The SMILES string of the molecule is CC(C)(C)C(NC(=O)c1nn(CC2CCC(F)(F)CC2)c2c(Cl)cccc12)C(=O)NCc1ccc(C(=O)O)cc1. The highest BCUT2D eigenvalue weighted by Crippen LogP contribution is 2.37. The minimum atomic E-state index is -2.64. The number of hydrogen-bond acceptors (Lipinski definition) is 4. The number of aromatic carboxylic acids is 1. The lowest BCUT2D eigenvalue weighted by Crippen LogP contribution is -2.53. The average Bonchev–Trinajstić information content (AvgIpc) is 3.26. The van der Waals surface area contributed by atoms with Crippen LogP contribution in [0.25, 0.3) is 10.9 Å². The number of para-hydroxylation sites is 1. The Hall–Kier alpha value is -3.53. The standard InChI is InChI=1S/C29H33ClF2N4O4/c1-28(2,3)24(26(38)33-15-17-7-9-19(10-8-17)27(39)40)34-25(37)22-20-5-4-6-21(30)23(20)36(35-22)16-18-11-13-29(31,32)14-12-18/h4-10,18,24H,11-16H2,1-3H3,(H,33,38)(H,34,37)(H,39,40). The van der Waals surface area contributed by atoms with Crippen molar-refractivity contribution in [1.29, 1.82) is 0 Å². The first-order valence-corrected chi connectivity index (χ1v) is 13.6. The highest BCUT2D eigenvalue weighted by Gasteiger charge is 2.36. The molecule has 3 N–H and O–H groups in total. The van der Waals surface area contributed by atoms with Gasteiger partial charge in [-0.15, -0.1) is 0 Å². The Labute approximate surface area is 236 Å². The molecule has 3 aromatic rings. The molecule has 1 aromatic heterocycles. The fraction of sp³-hybridized carbons (Fsp3) is 0.448. The van der Waals surface area contributed by atoms with Crippen molar-refractivity contribution in [2.45, 2.75) is 71.5 Å². The fourth-order valence-electron chi connectivity index (χ4n) is 4.95. The van der Waals surface area contributed by atoms with E-state index in [2.05, 4.69) is 15.7 Å². The van der Waals surface area contributed by atoms with Gasteiger partial charge in [-0.1, -0.05) is 56.6 Å².